The highest BCUT2D eigenvalue weighted by Gasteiger charge is 2.29. The largest absolute Gasteiger partial charge is 0.466 e. The van der Waals surface area contributed by atoms with Crippen LogP contribution in [0.3, 0.4) is 0 Å². The van der Waals surface area contributed by atoms with E-state index in [0.717, 1.165) is 25.7 Å². The minimum absolute atomic E-state index is 0.0893. The molecule has 0 spiro atoms. The Kier molecular flexibility index (Phi) is 10.2. The highest BCUT2D eigenvalue weighted by Crippen LogP contribution is 2.22. The molecule has 2 rings (SSSR count). The Bertz CT molecular complexity index is 722. The lowest BCUT2D eigenvalue weighted by atomic mass is 9.95. The normalized spacial score (nSPS) is 19.9. The number of nitrogens with one attached hydrogen (secondary N) is 1. The number of hydrogen-bond donors (Lipinski definition) is 1. The quantitative estimate of drug-likeness (QED) is 0.458. The number of ether oxygens (including phenoxy) is 2. The summed E-state index contributed by atoms with van der Waals surface area (Å²) in [6.45, 7) is 10.1. The second kappa shape index (κ2) is 12.6. The van der Waals surface area contributed by atoms with E-state index in [1.54, 1.807) is 22.8 Å². The number of esters is 1. The molecule has 2 saturated heterocycles. The van der Waals surface area contributed by atoms with Crippen molar-refractivity contribution in [1.82, 2.24) is 15.1 Å². The topological polar surface area (TPSA) is 105 Å². The molecule has 1 atom stereocenters. The third-order valence-electron chi connectivity index (χ3n) is 5.74. The highest BCUT2D eigenvalue weighted by molar-refractivity contribution is 5.88. The fraction of sp³-hybridized carbons (Fsp3) is 0.750. The molecule has 2 fully saturated rings. The number of allylic oxidation sites excluding steroid dienone is 1. The highest BCUT2D eigenvalue weighted by atomic mass is 16.6. The molecule has 2 aliphatic rings. The molecule has 2 aliphatic heterocycles. The van der Waals surface area contributed by atoms with Gasteiger partial charge in [-0.1, -0.05) is 6.08 Å². The molecule has 0 unspecified atom stereocenters. The summed E-state index contributed by atoms with van der Waals surface area (Å²) in [5, 5.41) is 2.77. The van der Waals surface area contributed by atoms with Crippen LogP contribution in [0.15, 0.2) is 12.2 Å². The van der Waals surface area contributed by atoms with Crippen LogP contribution >= 0.6 is 0 Å². The van der Waals surface area contributed by atoms with E-state index in [0.29, 0.717) is 32.8 Å². The first-order valence-electron chi connectivity index (χ1n) is 12.0. The predicted octanol–water partition coefficient (Wildman–Crippen LogP) is 2.50. The third kappa shape index (κ3) is 9.43. The van der Waals surface area contributed by atoms with Gasteiger partial charge < -0.3 is 24.6 Å². The van der Waals surface area contributed by atoms with E-state index in [9.17, 15) is 19.2 Å². The fourth-order valence-electron chi connectivity index (χ4n) is 3.98. The van der Waals surface area contributed by atoms with Gasteiger partial charge in [-0.3, -0.25) is 14.4 Å². The zero-order valence-corrected chi connectivity index (χ0v) is 20.4. The van der Waals surface area contributed by atoms with Gasteiger partial charge in [0.15, 0.2) is 0 Å². The number of carbonyl (C=O) groups is 4. The van der Waals surface area contributed by atoms with Crippen LogP contribution in [0, 0.1) is 11.8 Å². The van der Waals surface area contributed by atoms with Gasteiger partial charge in [-0.05, 0) is 65.4 Å². The van der Waals surface area contributed by atoms with Crippen molar-refractivity contribution in [2.24, 2.45) is 11.8 Å². The van der Waals surface area contributed by atoms with Crippen molar-refractivity contribution >= 4 is 23.9 Å². The molecule has 9 nitrogen and oxygen atoms in total. The van der Waals surface area contributed by atoms with Crippen molar-refractivity contribution in [3.63, 3.8) is 0 Å². The molecular weight excluding hydrogens is 426 g/mol. The Balaban J connectivity index is 1.74. The Labute approximate surface area is 196 Å². The van der Waals surface area contributed by atoms with Crippen molar-refractivity contribution < 1.29 is 28.7 Å². The third-order valence-corrected chi connectivity index (χ3v) is 5.74. The fourth-order valence-corrected chi connectivity index (χ4v) is 3.98. The van der Waals surface area contributed by atoms with Crippen LogP contribution in [0.25, 0.3) is 0 Å². The second-order valence-electron chi connectivity index (χ2n) is 9.63. The molecule has 0 aromatic rings. The van der Waals surface area contributed by atoms with Crippen molar-refractivity contribution in [2.45, 2.75) is 65.4 Å². The Morgan fingerprint density at radius 2 is 1.73 bits per heavy atom. The number of amides is 3. The number of piperidine rings is 2. The molecule has 1 N–H and O–H groups in total. The zero-order valence-electron chi connectivity index (χ0n) is 20.4. The Morgan fingerprint density at radius 1 is 1.03 bits per heavy atom. The van der Waals surface area contributed by atoms with Gasteiger partial charge in [0.05, 0.1) is 18.9 Å². The number of hydrogen-bond acceptors (Lipinski definition) is 6. The molecular formula is C24H39N3O6. The summed E-state index contributed by atoms with van der Waals surface area (Å²) < 4.78 is 10.3. The van der Waals surface area contributed by atoms with E-state index in [1.165, 1.54) is 0 Å². The van der Waals surface area contributed by atoms with Crippen molar-refractivity contribution in [2.75, 3.05) is 39.3 Å². The predicted molar refractivity (Wildman–Crippen MR) is 123 cm³/mol. The van der Waals surface area contributed by atoms with Gasteiger partial charge in [-0.2, -0.15) is 0 Å². The van der Waals surface area contributed by atoms with Crippen molar-refractivity contribution in [3.8, 4) is 0 Å². The smallest absolute Gasteiger partial charge is 0.410 e. The molecule has 0 radical (unpaired) electrons. The van der Waals surface area contributed by atoms with Crippen LogP contribution in [-0.4, -0.2) is 78.6 Å². The van der Waals surface area contributed by atoms with Crippen LogP contribution in [0.4, 0.5) is 4.79 Å². The number of nitrogens with zero attached hydrogens (tertiary/aromatic N) is 2. The average molecular weight is 466 g/mol. The summed E-state index contributed by atoms with van der Waals surface area (Å²) in [4.78, 5) is 52.1. The minimum Gasteiger partial charge on any atom is -0.466 e. The standard InChI is InChI=1S/C24H39N3O6/c1-5-32-21(29)10-13-25-22(30)19-7-6-14-27(17-19)20(28)9-8-18-11-15-26(16-12-18)23(31)33-24(2,3)4/h8-9,18-19H,5-7,10-17H2,1-4H3,(H,25,30)/b9-8+/t19-/m1/s1. The molecule has 186 valence electrons. The molecule has 9 heteroatoms. The number of carbonyl (C=O) groups excluding carboxylic acids is 4. The Morgan fingerprint density at radius 3 is 2.36 bits per heavy atom. The van der Waals surface area contributed by atoms with Gasteiger partial charge in [0, 0.05) is 32.7 Å². The molecule has 0 saturated carbocycles. The minimum atomic E-state index is -0.510. The van der Waals surface area contributed by atoms with Crippen molar-refractivity contribution in [1.29, 1.82) is 0 Å². The summed E-state index contributed by atoms with van der Waals surface area (Å²) in [5.74, 6) is -0.584. The maximum atomic E-state index is 12.7. The van der Waals surface area contributed by atoms with Gasteiger partial charge in [0.1, 0.15) is 5.60 Å². The van der Waals surface area contributed by atoms with Crippen LogP contribution in [0.2, 0.25) is 0 Å². The molecule has 0 aromatic heterocycles. The van der Waals surface area contributed by atoms with E-state index < -0.39 is 5.60 Å². The lowest BCUT2D eigenvalue weighted by molar-refractivity contribution is -0.143. The maximum Gasteiger partial charge on any atom is 0.410 e. The molecule has 2 heterocycles. The van der Waals surface area contributed by atoms with Gasteiger partial charge in [-0.25, -0.2) is 4.79 Å². The van der Waals surface area contributed by atoms with Crippen LogP contribution in [-0.2, 0) is 23.9 Å². The van der Waals surface area contributed by atoms with E-state index >= 15 is 0 Å². The molecule has 0 aliphatic carbocycles. The van der Waals surface area contributed by atoms with E-state index in [4.69, 9.17) is 9.47 Å². The van der Waals surface area contributed by atoms with Crippen LogP contribution in [0.5, 0.6) is 0 Å². The van der Waals surface area contributed by atoms with Crippen LogP contribution < -0.4 is 5.32 Å². The number of rotatable bonds is 7. The van der Waals surface area contributed by atoms with Gasteiger partial charge in [0.25, 0.3) is 0 Å². The van der Waals surface area contributed by atoms with Gasteiger partial charge >= 0.3 is 12.1 Å². The first-order valence-corrected chi connectivity index (χ1v) is 12.0. The first-order chi connectivity index (χ1) is 15.6. The zero-order chi connectivity index (χ0) is 24.4. The van der Waals surface area contributed by atoms with Crippen molar-refractivity contribution in [3.05, 3.63) is 12.2 Å². The van der Waals surface area contributed by atoms with Gasteiger partial charge in [-0.15, -0.1) is 0 Å². The van der Waals surface area contributed by atoms with E-state index in [1.807, 2.05) is 26.8 Å². The SMILES string of the molecule is CCOC(=O)CCNC(=O)[C@@H]1CCCN(C(=O)/C=C/C2CCN(C(=O)OC(C)(C)C)CC2)C1. The monoisotopic (exact) mass is 465 g/mol. The van der Waals surface area contributed by atoms with E-state index in [2.05, 4.69) is 5.32 Å². The summed E-state index contributed by atoms with van der Waals surface area (Å²) in [6.07, 6.45) is 6.45. The summed E-state index contributed by atoms with van der Waals surface area (Å²) >= 11 is 0. The summed E-state index contributed by atoms with van der Waals surface area (Å²) in [6, 6.07) is 0. The average Bonchev–Trinajstić information content (AvgIpc) is 2.77. The summed E-state index contributed by atoms with van der Waals surface area (Å²) in [5.41, 5.74) is -0.510. The lowest BCUT2D eigenvalue weighted by Crippen LogP contribution is -2.45. The molecule has 0 bridgehead atoms. The number of likely N-dealkylation sites (tertiary alicyclic amines) is 2. The van der Waals surface area contributed by atoms with Crippen LogP contribution in [0.1, 0.15) is 59.8 Å². The summed E-state index contributed by atoms with van der Waals surface area (Å²) in [7, 11) is 0. The van der Waals surface area contributed by atoms with Gasteiger partial charge in [0.2, 0.25) is 11.8 Å². The molecule has 3 amide bonds. The Hall–Kier alpha value is -2.58. The first kappa shape index (κ1) is 26.7. The maximum absolute atomic E-state index is 12.7. The lowest BCUT2D eigenvalue weighted by Gasteiger charge is -2.33. The van der Waals surface area contributed by atoms with E-state index in [-0.39, 0.29) is 48.7 Å². The second-order valence-corrected chi connectivity index (χ2v) is 9.63. The molecule has 0 aromatic carbocycles. The molecule has 33 heavy (non-hydrogen) atoms.